The Morgan fingerprint density at radius 3 is 2.64 bits per heavy atom. The van der Waals surface area contributed by atoms with E-state index in [0.717, 1.165) is 24.2 Å². The van der Waals surface area contributed by atoms with Crippen LogP contribution in [0.25, 0.3) is 0 Å². The molecular weight excluding hydrogens is 278 g/mol. The minimum Gasteiger partial charge on any atom is -0.352 e. The molecule has 0 saturated heterocycles. The maximum Gasteiger partial charge on any atom is 0.241 e. The monoisotopic (exact) mass is 299 g/mol. The fraction of sp³-hybridized carbons (Fsp3) is 0.438. The van der Waals surface area contributed by atoms with Gasteiger partial charge in [0.05, 0.1) is 6.04 Å². The molecule has 1 amide bonds. The molecule has 0 bridgehead atoms. The molecule has 1 fully saturated rings. The number of benzene rings is 1. The first kappa shape index (κ1) is 14.7. The summed E-state index contributed by atoms with van der Waals surface area (Å²) in [7, 11) is 1.90. The van der Waals surface area contributed by atoms with Gasteiger partial charge in [0, 0.05) is 13.1 Å². The summed E-state index contributed by atoms with van der Waals surface area (Å²) in [6.07, 6.45) is 3.81. The third-order valence-electron chi connectivity index (χ3n) is 3.87. The molecule has 2 atom stereocenters. The minimum atomic E-state index is -0.395. The SMILES string of the molecule is CC(NC(C(=O)NC1CC1)c1ccccc1)c1nncn1C. The van der Waals surface area contributed by atoms with Gasteiger partial charge in [0.1, 0.15) is 18.2 Å². The molecule has 2 N–H and O–H groups in total. The number of aryl methyl sites for hydroxylation is 1. The molecule has 3 rings (SSSR count). The highest BCUT2D eigenvalue weighted by molar-refractivity contribution is 5.83. The summed E-state index contributed by atoms with van der Waals surface area (Å²) in [5, 5.41) is 14.5. The molecule has 6 heteroatoms. The second-order valence-corrected chi connectivity index (χ2v) is 5.81. The van der Waals surface area contributed by atoms with Crippen LogP contribution in [0.5, 0.6) is 0 Å². The van der Waals surface area contributed by atoms with Crippen LogP contribution < -0.4 is 10.6 Å². The molecule has 0 aliphatic heterocycles. The second kappa shape index (κ2) is 6.27. The first-order valence-electron chi connectivity index (χ1n) is 7.60. The summed E-state index contributed by atoms with van der Waals surface area (Å²) in [6.45, 7) is 1.99. The molecule has 0 spiro atoms. The lowest BCUT2D eigenvalue weighted by Crippen LogP contribution is -2.40. The van der Waals surface area contributed by atoms with Crippen molar-refractivity contribution in [2.45, 2.75) is 37.9 Å². The lowest BCUT2D eigenvalue weighted by molar-refractivity contribution is -0.123. The zero-order chi connectivity index (χ0) is 15.5. The van der Waals surface area contributed by atoms with Gasteiger partial charge < -0.3 is 9.88 Å². The van der Waals surface area contributed by atoms with E-state index in [9.17, 15) is 4.79 Å². The van der Waals surface area contributed by atoms with E-state index in [1.807, 2.05) is 48.9 Å². The maximum atomic E-state index is 12.6. The van der Waals surface area contributed by atoms with E-state index in [-0.39, 0.29) is 11.9 Å². The van der Waals surface area contributed by atoms with Crippen LogP contribution in [-0.2, 0) is 11.8 Å². The number of amides is 1. The maximum absolute atomic E-state index is 12.6. The van der Waals surface area contributed by atoms with E-state index in [1.165, 1.54) is 0 Å². The van der Waals surface area contributed by atoms with Gasteiger partial charge in [-0.3, -0.25) is 10.1 Å². The quantitative estimate of drug-likeness (QED) is 0.847. The van der Waals surface area contributed by atoms with Gasteiger partial charge in [-0.25, -0.2) is 0 Å². The predicted molar refractivity (Wildman–Crippen MR) is 82.9 cm³/mol. The molecule has 22 heavy (non-hydrogen) atoms. The summed E-state index contributed by atoms with van der Waals surface area (Å²) < 4.78 is 1.86. The highest BCUT2D eigenvalue weighted by Gasteiger charge is 2.29. The van der Waals surface area contributed by atoms with E-state index < -0.39 is 6.04 Å². The molecule has 1 saturated carbocycles. The second-order valence-electron chi connectivity index (χ2n) is 5.81. The Morgan fingerprint density at radius 1 is 1.32 bits per heavy atom. The van der Waals surface area contributed by atoms with Crippen molar-refractivity contribution in [1.29, 1.82) is 0 Å². The summed E-state index contributed by atoms with van der Waals surface area (Å²) in [6, 6.07) is 9.64. The van der Waals surface area contributed by atoms with Gasteiger partial charge in [0.2, 0.25) is 5.91 Å². The topological polar surface area (TPSA) is 71.8 Å². The van der Waals surface area contributed by atoms with Crippen LogP contribution in [0.15, 0.2) is 36.7 Å². The van der Waals surface area contributed by atoms with Crippen molar-refractivity contribution < 1.29 is 4.79 Å². The molecule has 1 aromatic carbocycles. The van der Waals surface area contributed by atoms with Gasteiger partial charge in [0.15, 0.2) is 0 Å². The van der Waals surface area contributed by atoms with Crippen LogP contribution in [0.2, 0.25) is 0 Å². The molecule has 1 aliphatic carbocycles. The van der Waals surface area contributed by atoms with Crippen LogP contribution in [-0.4, -0.2) is 26.7 Å². The molecule has 2 unspecified atom stereocenters. The highest BCUT2D eigenvalue weighted by Crippen LogP contribution is 2.23. The first-order valence-corrected chi connectivity index (χ1v) is 7.60. The Bertz CT molecular complexity index is 635. The van der Waals surface area contributed by atoms with Crippen LogP contribution in [0.3, 0.4) is 0 Å². The van der Waals surface area contributed by atoms with Gasteiger partial charge >= 0.3 is 0 Å². The number of hydrogen-bond acceptors (Lipinski definition) is 4. The van der Waals surface area contributed by atoms with Crippen molar-refractivity contribution in [2.24, 2.45) is 7.05 Å². The van der Waals surface area contributed by atoms with Crippen LogP contribution >= 0.6 is 0 Å². The Kier molecular flexibility index (Phi) is 4.20. The van der Waals surface area contributed by atoms with E-state index in [0.29, 0.717) is 6.04 Å². The molecule has 2 aromatic rings. The third-order valence-corrected chi connectivity index (χ3v) is 3.87. The summed E-state index contributed by atoms with van der Waals surface area (Å²) in [5.41, 5.74) is 0.953. The van der Waals surface area contributed by atoms with Crippen molar-refractivity contribution in [3.8, 4) is 0 Å². The number of carbonyl (C=O) groups is 1. The van der Waals surface area contributed by atoms with Gasteiger partial charge in [-0.15, -0.1) is 10.2 Å². The van der Waals surface area contributed by atoms with Crippen LogP contribution in [0.1, 0.15) is 43.2 Å². The smallest absolute Gasteiger partial charge is 0.241 e. The van der Waals surface area contributed by atoms with Crippen molar-refractivity contribution in [3.63, 3.8) is 0 Å². The fourth-order valence-electron chi connectivity index (χ4n) is 2.49. The number of nitrogens with zero attached hydrogens (tertiary/aromatic N) is 3. The average molecular weight is 299 g/mol. The van der Waals surface area contributed by atoms with Gasteiger partial charge in [0.25, 0.3) is 0 Å². The normalized spacial score (nSPS) is 17.0. The number of carbonyl (C=O) groups excluding carboxylic acids is 1. The fourth-order valence-corrected chi connectivity index (χ4v) is 2.49. The summed E-state index contributed by atoms with van der Waals surface area (Å²) in [4.78, 5) is 12.6. The number of hydrogen-bond donors (Lipinski definition) is 2. The lowest BCUT2D eigenvalue weighted by Gasteiger charge is -2.22. The van der Waals surface area contributed by atoms with E-state index in [1.54, 1.807) is 6.33 Å². The van der Waals surface area contributed by atoms with Gasteiger partial charge in [-0.1, -0.05) is 30.3 Å². The Balaban J connectivity index is 1.78. The van der Waals surface area contributed by atoms with Gasteiger partial charge in [-0.05, 0) is 25.3 Å². The average Bonchev–Trinajstić information content (AvgIpc) is 3.23. The minimum absolute atomic E-state index is 0.0164. The van der Waals surface area contributed by atoms with E-state index in [2.05, 4.69) is 20.8 Å². The molecular formula is C16H21N5O. The van der Waals surface area contributed by atoms with Crippen molar-refractivity contribution in [3.05, 3.63) is 48.0 Å². The first-order chi connectivity index (χ1) is 10.6. The zero-order valence-corrected chi connectivity index (χ0v) is 12.9. The number of rotatable bonds is 6. The van der Waals surface area contributed by atoms with Gasteiger partial charge in [-0.2, -0.15) is 0 Å². The molecule has 1 aliphatic rings. The summed E-state index contributed by atoms with van der Waals surface area (Å²) >= 11 is 0. The molecule has 0 radical (unpaired) electrons. The number of nitrogens with one attached hydrogen (secondary N) is 2. The lowest BCUT2D eigenvalue weighted by atomic mass is 10.0. The highest BCUT2D eigenvalue weighted by atomic mass is 16.2. The van der Waals surface area contributed by atoms with Crippen LogP contribution in [0.4, 0.5) is 0 Å². The third kappa shape index (κ3) is 3.33. The largest absolute Gasteiger partial charge is 0.352 e. The molecule has 116 valence electrons. The van der Waals surface area contributed by atoms with Crippen molar-refractivity contribution >= 4 is 5.91 Å². The van der Waals surface area contributed by atoms with Crippen LogP contribution in [0, 0.1) is 0 Å². The zero-order valence-electron chi connectivity index (χ0n) is 12.9. The van der Waals surface area contributed by atoms with E-state index >= 15 is 0 Å². The molecule has 6 nitrogen and oxygen atoms in total. The molecule has 1 aromatic heterocycles. The van der Waals surface area contributed by atoms with Crippen molar-refractivity contribution in [1.82, 2.24) is 25.4 Å². The Morgan fingerprint density at radius 2 is 2.05 bits per heavy atom. The van der Waals surface area contributed by atoms with E-state index in [4.69, 9.17) is 0 Å². The Hall–Kier alpha value is -2.21. The Labute approximate surface area is 129 Å². The van der Waals surface area contributed by atoms with Crippen molar-refractivity contribution in [2.75, 3.05) is 0 Å². The predicted octanol–water partition coefficient (Wildman–Crippen LogP) is 1.49. The molecule has 1 heterocycles. The number of aromatic nitrogens is 3. The standard InChI is InChI=1S/C16H21N5O/c1-11(15-20-17-10-21(15)2)18-14(12-6-4-3-5-7-12)16(22)19-13-8-9-13/h3-7,10-11,13-14,18H,8-9H2,1-2H3,(H,19,22). The summed E-state index contributed by atoms with van der Waals surface area (Å²) in [5.74, 6) is 0.822.